The second-order valence-corrected chi connectivity index (χ2v) is 11.0. The number of piperidine rings is 1. The molecule has 1 fully saturated rings. The lowest BCUT2D eigenvalue weighted by Gasteiger charge is -2.34. The van der Waals surface area contributed by atoms with Crippen LogP contribution in [0.4, 0.5) is 0 Å². The van der Waals surface area contributed by atoms with Crippen molar-refractivity contribution < 1.29 is 8.42 Å². The van der Waals surface area contributed by atoms with Crippen LogP contribution in [0, 0.1) is 6.92 Å². The summed E-state index contributed by atoms with van der Waals surface area (Å²) in [5.41, 5.74) is 2.20. The van der Waals surface area contributed by atoms with Crippen molar-refractivity contribution in [2.45, 2.75) is 57.0 Å². The van der Waals surface area contributed by atoms with Crippen molar-refractivity contribution in [2.75, 3.05) is 19.6 Å². The van der Waals surface area contributed by atoms with Crippen molar-refractivity contribution in [3.8, 4) is 0 Å². The van der Waals surface area contributed by atoms with E-state index < -0.39 is 10.0 Å². The van der Waals surface area contributed by atoms with Gasteiger partial charge in [-0.3, -0.25) is 0 Å². The molecule has 0 aromatic heterocycles. The fourth-order valence-corrected chi connectivity index (χ4v) is 6.10. The third-order valence-corrected chi connectivity index (χ3v) is 8.47. The SMILES string of the molecule is Cc1ccc(CN(CCCN2CCCCC2C)S(=O)(=O)c2ccc3ccccc3c2)cc1. The Bertz CT molecular complexity index is 1140. The Morgan fingerprint density at radius 1 is 0.969 bits per heavy atom. The lowest BCUT2D eigenvalue weighted by atomic mass is 10.0. The molecule has 3 aromatic carbocycles. The number of rotatable bonds is 8. The Balaban J connectivity index is 1.56. The third kappa shape index (κ3) is 5.40. The molecule has 0 bridgehead atoms. The van der Waals surface area contributed by atoms with E-state index >= 15 is 0 Å². The first-order valence-corrected chi connectivity index (χ1v) is 13.2. The molecule has 0 spiro atoms. The summed E-state index contributed by atoms with van der Waals surface area (Å²) in [4.78, 5) is 2.88. The number of sulfonamides is 1. The monoisotopic (exact) mass is 450 g/mol. The summed E-state index contributed by atoms with van der Waals surface area (Å²) in [5.74, 6) is 0. The Morgan fingerprint density at radius 3 is 2.47 bits per heavy atom. The maximum atomic E-state index is 13.7. The van der Waals surface area contributed by atoms with Crippen molar-refractivity contribution in [1.82, 2.24) is 9.21 Å². The van der Waals surface area contributed by atoms with Crippen molar-refractivity contribution in [3.05, 3.63) is 77.9 Å². The lowest BCUT2D eigenvalue weighted by molar-refractivity contribution is 0.155. The molecule has 1 atom stereocenters. The minimum absolute atomic E-state index is 0.370. The van der Waals surface area contributed by atoms with E-state index in [-0.39, 0.29) is 0 Å². The molecule has 4 rings (SSSR count). The highest BCUT2D eigenvalue weighted by molar-refractivity contribution is 7.89. The molecule has 0 saturated carbocycles. The van der Waals surface area contributed by atoms with E-state index in [4.69, 9.17) is 0 Å². The summed E-state index contributed by atoms with van der Waals surface area (Å²) in [6.45, 7) is 7.31. The van der Waals surface area contributed by atoms with Crippen LogP contribution in [0.3, 0.4) is 0 Å². The van der Waals surface area contributed by atoms with Gasteiger partial charge in [-0.15, -0.1) is 0 Å². The van der Waals surface area contributed by atoms with Gasteiger partial charge >= 0.3 is 0 Å². The van der Waals surface area contributed by atoms with Crippen LogP contribution in [0.15, 0.2) is 71.6 Å². The van der Waals surface area contributed by atoms with Crippen LogP contribution >= 0.6 is 0 Å². The van der Waals surface area contributed by atoms with Crippen LogP contribution in [0.1, 0.15) is 43.7 Å². The molecule has 0 radical (unpaired) electrons. The fourth-order valence-electron chi connectivity index (χ4n) is 4.60. The van der Waals surface area contributed by atoms with Crippen LogP contribution in [0.5, 0.6) is 0 Å². The third-order valence-electron chi connectivity index (χ3n) is 6.63. The molecule has 32 heavy (non-hydrogen) atoms. The number of fused-ring (bicyclic) bond motifs is 1. The number of benzene rings is 3. The van der Waals surface area contributed by atoms with E-state index in [2.05, 4.69) is 11.8 Å². The molecular weight excluding hydrogens is 416 g/mol. The van der Waals surface area contributed by atoms with Gasteiger partial charge in [0.1, 0.15) is 0 Å². The van der Waals surface area contributed by atoms with E-state index in [1.54, 1.807) is 16.4 Å². The molecule has 170 valence electrons. The van der Waals surface area contributed by atoms with Crippen LogP contribution in [-0.4, -0.2) is 43.3 Å². The Morgan fingerprint density at radius 2 is 1.72 bits per heavy atom. The summed E-state index contributed by atoms with van der Waals surface area (Å²) < 4.78 is 29.1. The van der Waals surface area contributed by atoms with Gasteiger partial charge in [-0.25, -0.2) is 8.42 Å². The first kappa shape index (κ1) is 23.0. The van der Waals surface area contributed by atoms with Crippen LogP contribution in [0.25, 0.3) is 10.8 Å². The predicted octanol–water partition coefficient (Wildman–Crippen LogP) is 5.60. The Hall–Kier alpha value is -2.21. The summed E-state index contributed by atoms with van der Waals surface area (Å²) in [7, 11) is -3.60. The summed E-state index contributed by atoms with van der Waals surface area (Å²) >= 11 is 0. The molecule has 5 heteroatoms. The Kier molecular flexibility index (Phi) is 7.29. The van der Waals surface area contributed by atoms with Crippen LogP contribution in [-0.2, 0) is 16.6 Å². The summed E-state index contributed by atoms with van der Waals surface area (Å²) in [5, 5.41) is 2.00. The zero-order valence-electron chi connectivity index (χ0n) is 19.2. The molecule has 1 unspecified atom stereocenters. The normalized spacial score (nSPS) is 17.8. The molecule has 1 aliphatic rings. The van der Waals surface area contributed by atoms with Gasteiger partial charge in [0.25, 0.3) is 0 Å². The van der Waals surface area contributed by atoms with E-state index in [1.165, 1.54) is 24.8 Å². The van der Waals surface area contributed by atoms with Crippen molar-refractivity contribution in [2.24, 2.45) is 0 Å². The smallest absolute Gasteiger partial charge is 0.243 e. The van der Waals surface area contributed by atoms with Gasteiger partial charge in [0, 0.05) is 19.1 Å². The van der Waals surface area contributed by atoms with E-state index in [9.17, 15) is 8.42 Å². The van der Waals surface area contributed by atoms with Crippen LogP contribution in [0.2, 0.25) is 0 Å². The molecule has 1 heterocycles. The molecule has 4 nitrogen and oxygen atoms in total. The zero-order valence-corrected chi connectivity index (χ0v) is 20.0. The molecule has 0 N–H and O–H groups in total. The lowest BCUT2D eigenvalue weighted by Crippen LogP contribution is -2.40. The molecular formula is C27H34N2O2S. The van der Waals surface area contributed by atoms with Crippen molar-refractivity contribution in [3.63, 3.8) is 0 Å². The second-order valence-electron chi connectivity index (χ2n) is 9.07. The first-order valence-electron chi connectivity index (χ1n) is 11.7. The standard InChI is InChI=1S/C27H34N2O2S/c1-22-11-13-24(14-12-22)21-29(19-7-18-28-17-6-5-8-23(28)2)32(30,31)27-16-15-25-9-3-4-10-26(25)20-27/h3-4,9-16,20,23H,5-8,17-19,21H2,1-2H3. The minimum Gasteiger partial charge on any atom is -0.301 e. The number of hydrogen-bond donors (Lipinski definition) is 0. The second kappa shape index (κ2) is 10.2. The summed E-state index contributed by atoms with van der Waals surface area (Å²) in [6, 6.07) is 22.1. The van der Waals surface area contributed by atoms with Gasteiger partial charge < -0.3 is 4.90 Å². The molecule has 0 amide bonds. The minimum atomic E-state index is -3.60. The maximum Gasteiger partial charge on any atom is 0.243 e. The quantitative estimate of drug-likeness (QED) is 0.448. The average molecular weight is 451 g/mol. The van der Waals surface area contributed by atoms with Crippen LogP contribution < -0.4 is 0 Å². The number of likely N-dealkylation sites (tertiary alicyclic amines) is 1. The van der Waals surface area contributed by atoms with E-state index in [0.717, 1.165) is 35.8 Å². The number of hydrogen-bond acceptors (Lipinski definition) is 3. The maximum absolute atomic E-state index is 13.7. The number of aryl methyl sites for hydroxylation is 1. The van der Waals surface area contributed by atoms with Gasteiger partial charge in [0.2, 0.25) is 10.0 Å². The highest BCUT2D eigenvalue weighted by Gasteiger charge is 2.26. The van der Waals surface area contributed by atoms with E-state index in [1.807, 2.05) is 61.5 Å². The molecule has 0 aliphatic carbocycles. The van der Waals surface area contributed by atoms with Gasteiger partial charge in [-0.05, 0) is 74.7 Å². The number of nitrogens with zero attached hydrogens (tertiary/aromatic N) is 2. The average Bonchev–Trinajstić information content (AvgIpc) is 2.80. The zero-order chi connectivity index (χ0) is 22.6. The van der Waals surface area contributed by atoms with Gasteiger partial charge in [0.15, 0.2) is 0 Å². The molecule has 1 aliphatic heterocycles. The first-order chi connectivity index (χ1) is 15.4. The molecule has 1 saturated heterocycles. The van der Waals surface area contributed by atoms with Crippen molar-refractivity contribution >= 4 is 20.8 Å². The van der Waals surface area contributed by atoms with Crippen molar-refractivity contribution in [1.29, 1.82) is 0 Å². The summed E-state index contributed by atoms with van der Waals surface area (Å²) in [6.07, 6.45) is 4.62. The topological polar surface area (TPSA) is 40.6 Å². The van der Waals surface area contributed by atoms with Gasteiger partial charge in [-0.1, -0.05) is 66.6 Å². The fraction of sp³-hybridized carbons (Fsp3) is 0.407. The largest absolute Gasteiger partial charge is 0.301 e. The highest BCUT2D eigenvalue weighted by Crippen LogP contribution is 2.24. The highest BCUT2D eigenvalue weighted by atomic mass is 32.2. The molecule has 3 aromatic rings. The van der Waals surface area contributed by atoms with Gasteiger partial charge in [-0.2, -0.15) is 4.31 Å². The Labute approximate surface area is 192 Å². The predicted molar refractivity (Wildman–Crippen MR) is 132 cm³/mol. The van der Waals surface area contributed by atoms with Gasteiger partial charge in [0.05, 0.1) is 4.90 Å². The van der Waals surface area contributed by atoms with E-state index in [0.29, 0.717) is 24.0 Å².